The van der Waals surface area contributed by atoms with Gasteiger partial charge < -0.3 is 14.2 Å². The number of unbranched alkanes of at least 4 members (excludes halogenated alkanes) is 31. The number of rotatable bonds is 50. The van der Waals surface area contributed by atoms with E-state index in [1.165, 1.54) is 148 Å². The lowest BCUT2D eigenvalue weighted by Gasteiger charge is -2.18. The number of carbonyl (C=O) groups excluding carboxylic acids is 3. The molecular weight excluding hydrogens is 793 g/mol. The fourth-order valence-corrected chi connectivity index (χ4v) is 7.92. The van der Waals surface area contributed by atoms with Crippen molar-refractivity contribution in [2.75, 3.05) is 13.2 Å². The minimum absolute atomic E-state index is 0.0771. The van der Waals surface area contributed by atoms with Crippen molar-refractivity contribution in [3.05, 3.63) is 48.6 Å². The summed E-state index contributed by atoms with van der Waals surface area (Å²) in [5, 5.41) is 0. The second-order valence-corrected chi connectivity index (χ2v) is 18.5. The van der Waals surface area contributed by atoms with Crippen LogP contribution in [0.15, 0.2) is 48.6 Å². The summed E-state index contributed by atoms with van der Waals surface area (Å²) in [5.74, 6) is -0.885. The molecule has 0 radical (unpaired) electrons. The van der Waals surface area contributed by atoms with Crippen molar-refractivity contribution in [3.8, 4) is 0 Å². The summed E-state index contributed by atoms with van der Waals surface area (Å²) in [6.45, 7) is 6.53. The van der Waals surface area contributed by atoms with Crippen LogP contribution in [0.1, 0.15) is 284 Å². The molecule has 0 heterocycles. The molecule has 0 aliphatic rings. The molecule has 6 heteroatoms. The maximum Gasteiger partial charge on any atom is 0.306 e. The van der Waals surface area contributed by atoms with Gasteiger partial charge in [-0.1, -0.05) is 236 Å². The highest BCUT2D eigenvalue weighted by Gasteiger charge is 2.19. The number of allylic oxidation sites excluding steroid dienone is 8. The minimum Gasteiger partial charge on any atom is -0.462 e. The predicted molar refractivity (Wildman–Crippen MR) is 275 cm³/mol. The second-order valence-electron chi connectivity index (χ2n) is 18.5. The van der Waals surface area contributed by atoms with E-state index in [0.29, 0.717) is 19.3 Å². The molecule has 0 unspecified atom stereocenters. The molecule has 0 aliphatic carbocycles. The van der Waals surface area contributed by atoms with Crippen molar-refractivity contribution in [3.63, 3.8) is 0 Å². The van der Waals surface area contributed by atoms with Gasteiger partial charge in [0.05, 0.1) is 0 Å². The smallest absolute Gasteiger partial charge is 0.306 e. The number of hydrogen-bond acceptors (Lipinski definition) is 6. The van der Waals surface area contributed by atoms with Crippen LogP contribution in [-0.2, 0) is 28.6 Å². The summed E-state index contributed by atoms with van der Waals surface area (Å²) in [4.78, 5) is 38.0. The van der Waals surface area contributed by atoms with Gasteiger partial charge in [0.2, 0.25) is 0 Å². The van der Waals surface area contributed by atoms with Gasteiger partial charge in [0.25, 0.3) is 0 Å². The maximum absolute atomic E-state index is 12.8. The quantitative estimate of drug-likeness (QED) is 0.0262. The second kappa shape index (κ2) is 53.0. The first kappa shape index (κ1) is 61.4. The van der Waals surface area contributed by atoms with Crippen LogP contribution in [0.4, 0.5) is 0 Å². The van der Waals surface area contributed by atoms with E-state index in [-0.39, 0.29) is 31.1 Å². The van der Waals surface area contributed by atoms with E-state index in [4.69, 9.17) is 14.2 Å². The molecule has 0 spiro atoms. The zero-order chi connectivity index (χ0) is 46.5. The molecular formula is C58H104O6. The molecule has 0 rings (SSSR count). The third kappa shape index (κ3) is 50.4. The van der Waals surface area contributed by atoms with E-state index in [9.17, 15) is 14.4 Å². The van der Waals surface area contributed by atoms with Crippen molar-refractivity contribution in [2.45, 2.75) is 290 Å². The number of esters is 3. The van der Waals surface area contributed by atoms with E-state index in [1.54, 1.807) is 0 Å². The van der Waals surface area contributed by atoms with Gasteiger partial charge in [0.15, 0.2) is 6.10 Å². The molecule has 0 aromatic carbocycles. The lowest BCUT2D eigenvalue weighted by Crippen LogP contribution is -2.30. The Hall–Kier alpha value is -2.63. The SMILES string of the molecule is CC/C=C\C/C=C\C/C=C\CCCCCCCC(=O)OC[C@H](COC(=O)CCCCCCCCCCC/C=C\CCCCCCCC)OC(=O)CCCCCCCCCCCCCC. The molecule has 0 aromatic heterocycles. The monoisotopic (exact) mass is 897 g/mol. The standard InChI is InChI=1S/C58H104O6/c1-4-7-10-13-16-19-22-25-27-28-29-30-32-34-37-39-42-45-48-51-57(60)63-54-55(64-58(61)52-49-46-43-40-35-24-21-18-15-12-9-6-3)53-62-56(59)50-47-44-41-38-36-33-31-26-23-20-17-14-11-8-5-2/h8,11,17,20,25-27,31,55H,4-7,9-10,12-16,18-19,21-24,28-30,32-54H2,1-3H3/b11-8-,20-17-,27-25-,31-26-/t55-/m1/s1. The molecule has 0 saturated heterocycles. The fourth-order valence-electron chi connectivity index (χ4n) is 7.92. The number of ether oxygens (including phenoxy) is 3. The van der Waals surface area contributed by atoms with Crippen LogP contribution in [0.3, 0.4) is 0 Å². The van der Waals surface area contributed by atoms with Gasteiger partial charge in [-0.3, -0.25) is 14.4 Å². The zero-order valence-electron chi connectivity index (χ0n) is 42.6. The molecule has 0 N–H and O–H groups in total. The first-order chi connectivity index (χ1) is 31.5. The zero-order valence-corrected chi connectivity index (χ0v) is 42.6. The molecule has 0 aliphatic heterocycles. The lowest BCUT2D eigenvalue weighted by atomic mass is 10.0. The van der Waals surface area contributed by atoms with E-state index >= 15 is 0 Å². The number of hydrogen-bond donors (Lipinski definition) is 0. The van der Waals surface area contributed by atoms with Crippen molar-refractivity contribution in [1.82, 2.24) is 0 Å². The van der Waals surface area contributed by atoms with Gasteiger partial charge >= 0.3 is 17.9 Å². The van der Waals surface area contributed by atoms with Crippen molar-refractivity contribution >= 4 is 17.9 Å². The molecule has 6 nitrogen and oxygen atoms in total. The summed E-state index contributed by atoms with van der Waals surface area (Å²) in [6, 6.07) is 0. The van der Waals surface area contributed by atoms with Gasteiger partial charge in [-0.2, -0.15) is 0 Å². The highest BCUT2D eigenvalue weighted by molar-refractivity contribution is 5.71. The Bertz CT molecular complexity index is 1120. The molecule has 0 saturated carbocycles. The molecule has 0 bridgehead atoms. The van der Waals surface area contributed by atoms with Crippen LogP contribution >= 0.6 is 0 Å². The third-order valence-corrected chi connectivity index (χ3v) is 12.1. The summed E-state index contributed by atoms with van der Waals surface area (Å²) in [5.41, 5.74) is 0. The molecule has 372 valence electrons. The summed E-state index contributed by atoms with van der Waals surface area (Å²) >= 11 is 0. The molecule has 0 fully saturated rings. The first-order valence-electron chi connectivity index (χ1n) is 27.6. The van der Waals surface area contributed by atoms with E-state index < -0.39 is 6.10 Å². The van der Waals surface area contributed by atoms with E-state index in [2.05, 4.69) is 69.4 Å². The Morgan fingerprint density at radius 3 is 0.969 bits per heavy atom. The summed E-state index contributed by atoms with van der Waals surface area (Å²) in [7, 11) is 0. The summed E-state index contributed by atoms with van der Waals surface area (Å²) < 4.78 is 16.8. The topological polar surface area (TPSA) is 78.9 Å². The highest BCUT2D eigenvalue weighted by Crippen LogP contribution is 2.16. The van der Waals surface area contributed by atoms with Crippen LogP contribution in [0, 0.1) is 0 Å². The predicted octanol–water partition coefficient (Wildman–Crippen LogP) is 18.3. The Balaban J connectivity index is 4.33. The Morgan fingerprint density at radius 2 is 0.609 bits per heavy atom. The van der Waals surface area contributed by atoms with Crippen LogP contribution in [0.5, 0.6) is 0 Å². The maximum atomic E-state index is 12.8. The lowest BCUT2D eigenvalue weighted by molar-refractivity contribution is -0.167. The van der Waals surface area contributed by atoms with E-state index in [0.717, 1.165) is 96.3 Å². The average Bonchev–Trinajstić information content (AvgIpc) is 3.29. The molecule has 0 amide bonds. The van der Waals surface area contributed by atoms with Gasteiger partial charge in [0, 0.05) is 19.3 Å². The molecule has 1 atom stereocenters. The van der Waals surface area contributed by atoms with Crippen molar-refractivity contribution in [2.24, 2.45) is 0 Å². The van der Waals surface area contributed by atoms with Crippen molar-refractivity contribution in [1.29, 1.82) is 0 Å². The van der Waals surface area contributed by atoms with Crippen LogP contribution in [0.25, 0.3) is 0 Å². The largest absolute Gasteiger partial charge is 0.462 e. The van der Waals surface area contributed by atoms with Crippen LogP contribution < -0.4 is 0 Å². The van der Waals surface area contributed by atoms with Gasteiger partial charge in [0.1, 0.15) is 13.2 Å². The Labute approximate surface area is 397 Å². The third-order valence-electron chi connectivity index (χ3n) is 12.1. The van der Waals surface area contributed by atoms with Crippen LogP contribution in [-0.4, -0.2) is 37.2 Å². The van der Waals surface area contributed by atoms with Gasteiger partial charge in [-0.05, 0) is 77.0 Å². The Morgan fingerprint density at radius 1 is 0.328 bits per heavy atom. The first-order valence-corrected chi connectivity index (χ1v) is 27.6. The number of carbonyl (C=O) groups is 3. The summed E-state index contributed by atoms with van der Waals surface area (Å²) in [6.07, 6.45) is 63.8. The van der Waals surface area contributed by atoms with Gasteiger partial charge in [-0.25, -0.2) is 0 Å². The van der Waals surface area contributed by atoms with Crippen LogP contribution in [0.2, 0.25) is 0 Å². The van der Waals surface area contributed by atoms with E-state index in [1.807, 2.05) is 0 Å². The molecule has 64 heavy (non-hydrogen) atoms. The van der Waals surface area contributed by atoms with Gasteiger partial charge in [-0.15, -0.1) is 0 Å². The normalized spacial score (nSPS) is 12.4. The minimum atomic E-state index is -0.778. The highest BCUT2D eigenvalue weighted by atomic mass is 16.6. The van der Waals surface area contributed by atoms with Crippen molar-refractivity contribution < 1.29 is 28.6 Å². The average molecular weight is 897 g/mol. The Kier molecular flexibility index (Phi) is 50.8. The molecule has 0 aromatic rings. The fraction of sp³-hybridized carbons (Fsp3) is 0.810.